The Morgan fingerprint density at radius 3 is 2.84 bits per heavy atom. The summed E-state index contributed by atoms with van der Waals surface area (Å²) >= 11 is 0. The van der Waals surface area contributed by atoms with E-state index in [-0.39, 0.29) is 11.6 Å². The summed E-state index contributed by atoms with van der Waals surface area (Å²) in [5.74, 6) is 0. The zero-order valence-electron chi connectivity index (χ0n) is 11.3. The van der Waals surface area contributed by atoms with Crippen LogP contribution in [0.4, 0.5) is 5.69 Å². The molecular formula is C14H20N4O. The second kappa shape index (κ2) is 6.39. The normalized spacial score (nSPS) is 17.1. The fourth-order valence-corrected chi connectivity index (χ4v) is 2.62. The zero-order valence-corrected chi connectivity index (χ0v) is 11.3. The first-order valence-electron chi connectivity index (χ1n) is 6.74. The van der Waals surface area contributed by atoms with E-state index in [1.54, 1.807) is 13.1 Å². The van der Waals surface area contributed by atoms with Gasteiger partial charge in [-0.25, -0.2) is 0 Å². The molecule has 5 nitrogen and oxygen atoms in total. The highest BCUT2D eigenvalue weighted by molar-refractivity contribution is 5.39. The molecule has 0 saturated carbocycles. The van der Waals surface area contributed by atoms with Crippen molar-refractivity contribution in [3.8, 4) is 6.07 Å². The van der Waals surface area contributed by atoms with Crippen LogP contribution >= 0.6 is 0 Å². The number of nitrogens with zero attached hydrogens (tertiary/aromatic N) is 3. The van der Waals surface area contributed by atoms with Crippen molar-refractivity contribution < 1.29 is 0 Å². The molecule has 0 atom stereocenters. The molecule has 1 N–H and O–H groups in total. The topological polar surface area (TPSA) is 61.1 Å². The predicted molar refractivity (Wildman–Crippen MR) is 75.2 cm³/mol. The van der Waals surface area contributed by atoms with Gasteiger partial charge in [0.05, 0.1) is 6.07 Å². The molecule has 1 aromatic rings. The second-order valence-corrected chi connectivity index (χ2v) is 4.87. The molecule has 0 aromatic carbocycles. The number of anilines is 1. The lowest BCUT2D eigenvalue weighted by molar-refractivity contribution is 0.188. The lowest BCUT2D eigenvalue weighted by Gasteiger charge is -2.32. The van der Waals surface area contributed by atoms with Crippen molar-refractivity contribution in [3.63, 3.8) is 0 Å². The molecule has 0 unspecified atom stereocenters. The van der Waals surface area contributed by atoms with Gasteiger partial charge in [-0.05, 0) is 25.0 Å². The molecule has 2 rings (SSSR count). The van der Waals surface area contributed by atoms with Gasteiger partial charge in [0.25, 0.3) is 5.56 Å². The average molecular weight is 260 g/mol. The van der Waals surface area contributed by atoms with Gasteiger partial charge in [0.15, 0.2) is 0 Å². The highest BCUT2D eigenvalue weighted by Gasteiger charge is 2.21. The highest BCUT2D eigenvalue weighted by Crippen LogP contribution is 2.21. The van der Waals surface area contributed by atoms with E-state index >= 15 is 0 Å². The SMILES string of the molecule is CNc1cccn(C2CCN(CCC#N)CC2)c1=O. The third-order valence-electron chi connectivity index (χ3n) is 3.73. The first-order chi connectivity index (χ1) is 9.26. The van der Waals surface area contributed by atoms with Crippen LogP contribution in [0.3, 0.4) is 0 Å². The lowest BCUT2D eigenvalue weighted by atomic mass is 10.0. The van der Waals surface area contributed by atoms with Crippen molar-refractivity contribution in [2.45, 2.75) is 25.3 Å². The molecule has 0 spiro atoms. The number of pyridine rings is 1. The van der Waals surface area contributed by atoms with Crippen LogP contribution in [0, 0.1) is 11.3 Å². The molecule has 1 saturated heterocycles. The van der Waals surface area contributed by atoms with Crippen LogP contribution in [0.15, 0.2) is 23.1 Å². The Hall–Kier alpha value is -1.80. The summed E-state index contributed by atoms with van der Waals surface area (Å²) in [7, 11) is 1.77. The van der Waals surface area contributed by atoms with Crippen LogP contribution in [0.2, 0.25) is 0 Å². The molecule has 0 bridgehead atoms. The van der Waals surface area contributed by atoms with Gasteiger partial charge in [0, 0.05) is 45.3 Å². The van der Waals surface area contributed by atoms with Crippen LogP contribution in [0.25, 0.3) is 0 Å². The van der Waals surface area contributed by atoms with E-state index in [9.17, 15) is 4.79 Å². The Balaban J connectivity index is 2.02. The third-order valence-corrected chi connectivity index (χ3v) is 3.73. The Morgan fingerprint density at radius 2 is 2.21 bits per heavy atom. The van der Waals surface area contributed by atoms with Crippen LogP contribution in [0.5, 0.6) is 0 Å². The molecule has 19 heavy (non-hydrogen) atoms. The number of hydrogen-bond donors (Lipinski definition) is 1. The van der Waals surface area contributed by atoms with Crippen molar-refractivity contribution in [1.82, 2.24) is 9.47 Å². The minimum absolute atomic E-state index is 0.0560. The van der Waals surface area contributed by atoms with Crippen molar-refractivity contribution in [2.75, 3.05) is 32.0 Å². The molecule has 1 aliphatic heterocycles. The summed E-state index contributed by atoms with van der Waals surface area (Å²) in [6.45, 7) is 2.76. The van der Waals surface area contributed by atoms with Gasteiger partial charge in [0.2, 0.25) is 0 Å². The largest absolute Gasteiger partial charge is 0.384 e. The Kier molecular flexibility index (Phi) is 4.58. The molecule has 2 heterocycles. The Bertz CT molecular complexity index is 509. The van der Waals surface area contributed by atoms with Gasteiger partial charge in [-0.15, -0.1) is 0 Å². The van der Waals surface area contributed by atoms with Gasteiger partial charge in [-0.2, -0.15) is 5.26 Å². The van der Waals surface area contributed by atoms with E-state index in [2.05, 4.69) is 16.3 Å². The molecule has 1 fully saturated rings. The van der Waals surface area contributed by atoms with Crippen LogP contribution < -0.4 is 10.9 Å². The maximum Gasteiger partial charge on any atom is 0.274 e. The summed E-state index contributed by atoms with van der Waals surface area (Å²) in [5.41, 5.74) is 0.704. The predicted octanol–water partition coefficient (Wildman–Crippen LogP) is 1.44. The summed E-state index contributed by atoms with van der Waals surface area (Å²) in [6.07, 6.45) is 4.40. The number of aromatic nitrogens is 1. The number of likely N-dealkylation sites (tertiary alicyclic amines) is 1. The van der Waals surface area contributed by atoms with E-state index in [1.807, 2.05) is 16.8 Å². The first-order valence-corrected chi connectivity index (χ1v) is 6.74. The molecule has 5 heteroatoms. The number of rotatable bonds is 4. The van der Waals surface area contributed by atoms with Crippen molar-refractivity contribution >= 4 is 5.69 Å². The number of piperidine rings is 1. The van der Waals surface area contributed by atoms with Crippen LogP contribution in [-0.4, -0.2) is 36.1 Å². The molecule has 0 radical (unpaired) electrons. The first kappa shape index (κ1) is 13.6. The highest BCUT2D eigenvalue weighted by atomic mass is 16.1. The molecule has 102 valence electrons. The van der Waals surface area contributed by atoms with E-state index in [0.717, 1.165) is 32.5 Å². The summed E-state index contributed by atoms with van der Waals surface area (Å²) in [4.78, 5) is 14.5. The van der Waals surface area contributed by atoms with Gasteiger partial charge in [0.1, 0.15) is 5.69 Å². The Morgan fingerprint density at radius 1 is 1.47 bits per heavy atom. The minimum atomic E-state index is 0.0560. The van der Waals surface area contributed by atoms with Crippen molar-refractivity contribution in [3.05, 3.63) is 28.7 Å². The van der Waals surface area contributed by atoms with E-state index in [0.29, 0.717) is 12.1 Å². The molecule has 0 amide bonds. The maximum atomic E-state index is 12.2. The minimum Gasteiger partial charge on any atom is -0.384 e. The van der Waals surface area contributed by atoms with Crippen molar-refractivity contribution in [1.29, 1.82) is 5.26 Å². The summed E-state index contributed by atoms with van der Waals surface area (Å²) in [6, 6.07) is 6.17. The van der Waals surface area contributed by atoms with Gasteiger partial charge in [-0.3, -0.25) is 4.79 Å². The lowest BCUT2D eigenvalue weighted by Crippen LogP contribution is -2.38. The van der Waals surface area contributed by atoms with Gasteiger partial charge >= 0.3 is 0 Å². The number of hydrogen-bond acceptors (Lipinski definition) is 4. The third kappa shape index (κ3) is 3.15. The summed E-state index contributed by atoms with van der Waals surface area (Å²) < 4.78 is 1.84. The monoisotopic (exact) mass is 260 g/mol. The average Bonchev–Trinajstić information content (AvgIpc) is 2.46. The van der Waals surface area contributed by atoms with Crippen molar-refractivity contribution in [2.24, 2.45) is 0 Å². The maximum absolute atomic E-state index is 12.2. The molecular weight excluding hydrogens is 240 g/mol. The zero-order chi connectivity index (χ0) is 13.7. The van der Waals surface area contributed by atoms with Gasteiger partial charge < -0.3 is 14.8 Å². The smallest absolute Gasteiger partial charge is 0.274 e. The molecule has 0 aliphatic carbocycles. The second-order valence-electron chi connectivity index (χ2n) is 4.87. The quantitative estimate of drug-likeness (QED) is 0.890. The van der Waals surface area contributed by atoms with E-state index in [1.165, 1.54) is 0 Å². The summed E-state index contributed by atoms with van der Waals surface area (Å²) in [5, 5.41) is 11.5. The van der Waals surface area contributed by atoms with Crippen LogP contribution in [-0.2, 0) is 0 Å². The van der Waals surface area contributed by atoms with E-state index < -0.39 is 0 Å². The fraction of sp³-hybridized carbons (Fsp3) is 0.571. The van der Waals surface area contributed by atoms with E-state index in [4.69, 9.17) is 5.26 Å². The standard InChI is InChI=1S/C14H20N4O/c1-16-13-4-2-9-18(14(13)19)12-5-10-17(11-6-12)8-3-7-15/h2,4,9,12,16H,3,5-6,8,10-11H2,1H3. The van der Waals surface area contributed by atoms with Gasteiger partial charge in [-0.1, -0.05) is 0 Å². The number of nitriles is 1. The van der Waals surface area contributed by atoms with Crippen LogP contribution in [0.1, 0.15) is 25.3 Å². The number of nitrogens with one attached hydrogen (secondary N) is 1. The Labute approximate surface area is 113 Å². The molecule has 1 aliphatic rings. The molecule has 1 aromatic heterocycles. The fourth-order valence-electron chi connectivity index (χ4n) is 2.62.